The Kier molecular flexibility index (Phi) is 3.37. The minimum absolute atomic E-state index is 0.0112. The summed E-state index contributed by atoms with van der Waals surface area (Å²) in [6.45, 7) is 1.65. The SMILES string of the molecule is Cc1cc(N2C(=O)CC(SCC(=O)O)C2=O)no1. The van der Waals surface area contributed by atoms with E-state index in [-0.39, 0.29) is 18.0 Å². The molecule has 0 saturated carbocycles. The maximum Gasteiger partial charge on any atom is 0.313 e. The lowest BCUT2D eigenvalue weighted by Gasteiger charge is -2.09. The van der Waals surface area contributed by atoms with Crippen LogP contribution in [0.5, 0.6) is 0 Å². The van der Waals surface area contributed by atoms with Crippen LogP contribution in [-0.4, -0.2) is 39.0 Å². The summed E-state index contributed by atoms with van der Waals surface area (Å²) in [6.07, 6.45) is -0.0112. The van der Waals surface area contributed by atoms with E-state index in [1.54, 1.807) is 6.92 Å². The van der Waals surface area contributed by atoms with E-state index in [9.17, 15) is 14.4 Å². The number of rotatable bonds is 4. The third-order valence-corrected chi connectivity index (χ3v) is 3.54. The van der Waals surface area contributed by atoms with E-state index in [2.05, 4.69) is 5.16 Å². The smallest absolute Gasteiger partial charge is 0.313 e. The Labute approximate surface area is 106 Å². The molecule has 1 aliphatic heterocycles. The van der Waals surface area contributed by atoms with Gasteiger partial charge in [0.1, 0.15) is 5.76 Å². The van der Waals surface area contributed by atoms with Crippen LogP contribution in [0, 0.1) is 6.92 Å². The second-order valence-electron chi connectivity index (χ2n) is 3.76. The number of thioether (sulfide) groups is 1. The van der Waals surface area contributed by atoms with Crippen LogP contribution in [0.1, 0.15) is 12.2 Å². The molecule has 0 aromatic carbocycles. The molecule has 0 spiro atoms. The molecule has 1 atom stereocenters. The number of nitrogens with zero attached hydrogens (tertiary/aromatic N) is 2. The molecule has 1 saturated heterocycles. The number of aryl methyl sites for hydroxylation is 1. The molecule has 8 heteroatoms. The minimum atomic E-state index is -1.02. The summed E-state index contributed by atoms with van der Waals surface area (Å²) in [7, 11) is 0. The summed E-state index contributed by atoms with van der Waals surface area (Å²) < 4.78 is 4.81. The van der Waals surface area contributed by atoms with Crippen molar-refractivity contribution in [1.82, 2.24) is 5.16 Å². The van der Waals surface area contributed by atoms with Crippen molar-refractivity contribution >= 4 is 35.4 Å². The van der Waals surface area contributed by atoms with Gasteiger partial charge in [0.2, 0.25) is 11.8 Å². The summed E-state index contributed by atoms with van der Waals surface area (Å²) in [5.41, 5.74) is 0. The molecular weight excluding hydrogens is 260 g/mol. The zero-order chi connectivity index (χ0) is 13.3. The fraction of sp³-hybridized carbons (Fsp3) is 0.400. The first kappa shape index (κ1) is 12.6. The maximum absolute atomic E-state index is 11.9. The van der Waals surface area contributed by atoms with E-state index in [1.807, 2.05) is 0 Å². The quantitative estimate of drug-likeness (QED) is 0.792. The molecule has 18 heavy (non-hydrogen) atoms. The maximum atomic E-state index is 11.9. The van der Waals surface area contributed by atoms with E-state index in [0.717, 1.165) is 16.7 Å². The van der Waals surface area contributed by atoms with Gasteiger partial charge < -0.3 is 9.63 Å². The standard InChI is InChI=1S/C10H10N2O5S/c1-5-2-7(11-17-5)12-8(13)3-6(10(12)16)18-4-9(14)15/h2,6H,3-4H2,1H3,(H,14,15). The Hall–Kier alpha value is -1.83. The van der Waals surface area contributed by atoms with Crippen molar-refractivity contribution in [2.75, 3.05) is 10.7 Å². The monoisotopic (exact) mass is 270 g/mol. The highest BCUT2D eigenvalue weighted by Crippen LogP contribution is 2.29. The fourth-order valence-corrected chi connectivity index (χ4v) is 2.46. The van der Waals surface area contributed by atoms with E-state index >= 15 is 0 Å². The zero-order valence-corrected chi connectivity index (χ0v) is 10.3. The van der Waals surface area contributed by atoms with Crippen LogP contribution in [0.4, 0.5) is 5.82 Å². The van der Waals surface area contributed by atoms with E-state index < -0.39 is 23.0 Å². The summed E-state index contributed by atoms with van der Waals surface area (Å²) in [5, 5.41) is 11.5. The van der Waals surface area contributed by atoms with E-state index in [1.165, 1.54) is 6.07 Å². The lowest BCUT2D eigenvalue weighted by molar-refractivity contribution is -0.134. The Morgan fingerprint density at radius 3 is 2.94 bits per heavy atom. The number of carbonyl (C=O) groups excluding carboxylic acids is 2. The normalized spacial score (nSPS) is 19.6. The van der Waals surface area contributed by atoms with E-state index in [0.29, 0.717) is 5.76 Å². The van der Waals surface area contributed by atoms with Crippen LogP contribution < -0.4 is 4.90 Å². The first-order valence-electron chi connectivity index (χ1n) is 5.12. The average molecular weight is 270 g/mol. The van der Waals surface area contributed by atoms with Crippen LogP contribution in [-0.2, 0) is 14.4 Å². The Morgan fingerprint density at radius 1 is 1.67 bits per heavy atom. The van der Waals surface area contributed by atoms with Crippen molar-refractivity contribution < 1.29 is 24.0 Å². The second kappa shape index (κ2) is 4.81. The van der Waals surface area contributed by atoms with Crippen molar-refractivity contribution in [2.24, 2.45) is 0 Å². The largest absolute Gasteiger partial charge is 0.481 e. The molecule has 7 nitrogen and oxygen atoms in total. The highest BCUT2D eigenvalue weighted by Gasteiger charge is 2.41. The number of carboxylic acid groups (broad SMARTS) is 1. The van der Waals surface area contributed by atoms with Crippen molar-refractivity contribution in [3.05, 3.63) is 11.8 Å². The molecule has 2 rings (SSSR count). The minimum Gasteiger partial charge on any atom is -0.481 e. The third kappa shape index (κ3) is 2.37. The van der Waals surface area contributed by atoms with Crippen molar-refractivity contribution in [3.8, 4) is 0 Å². The molecule has 1 fully saturated rings. The number of aromatic nitrogens is 1. The summed E-state index contributed by atoms with van der Waals surface area (Å²) >= 11 is 0.939. The summed E-state index contributed by atoms with van der Waals surface area (Å²) in [5.74, 6) is -1.42. The van der Waals surface area contributed by atoms with Gasteiger partial charge in [-0.15, -0.1) is 11.8 Å². The summed E-state index contributed by atoms with van der Waals surface area (Å²) in [6, 6.07) is 1.49. The Balaban J connectivity index is 2.12. The fourth-order valence-electron chi connectivity index (χ4n) is 1.61. The number of amides is 2. The topological polar surface area (TPSA) is 101 Å². The molecule has 1 unspecified atom stereocenters. The van der Waals surface area contributed by atoms with Crippen LogP contribution >= 0.6 is 11.8 Å². The van der Waals surface area contributed by atoms with Crippen molar-refractivity contribution in [2.45, 2.75) is 18.6 Å². The van der Waals surface area contributed by atoms with Gasteiger partial charge in [0.25, 0.3) is 0 Å². The number of carbonyl (C=O) groups is 3. The van der Waals surface area contributed by atoms with Crippen LogP contribution in [0.3, 0.4) is 0 Å². The molecule has 1 aromatic rings. The van der Waals surface area contributed by atoms with Gasteiger partial charge in [-0.05, 0) is 6.92 Å². The van der Waals surface area contributed by atoms with E-state index in [4.69, 9.17) is 9.63 Å². The van der Waals surface area contributed by atoms with Crippen LogP contribution in [0.2, 0.25) is 0 Å². The average Bonchev–Trinajstić information content (AvgIpc) is 2.81. The van der Waals surface area contributed by atoms with Gasteiger partial charge in [0.05, 0.1) is 11.0 Å². The predicted octanol–water partition coefficient (Wildman–Crippen LogP) is 0.433. The highest BCUT2D eigenvalue weighted by atomic mass is 32.2. The molecule has 2 heterocycles. The molecular formula is C10H10N2O5S. The summed E-state index contributed by atoms with van der Waals surface area (Å²) in [4.78, 5) is 35.0. The highest BCUT2D eigenvalue weighted by molar-refractivity contribution is 8.01. The molecule has 0 bridgehead atoms. The predicted molar refractivity (Wildman–Crippen MR) is 62.2 cm³/mol. The number of hydrogen-bond donors (Lipinski definition) is 1. The third-order valence-electron chi connectivity index (χ3n) is 2.36. The number of anilines is 1. The van der Waals surface area contributed by atoms with Crippen LogP contribution in [0.25, 0.3) is 0 Å². The van der Waals surface area contributed by atoms with Gasteiger partial charge in [0.15, 0.2) is 5.82 Å². The van der Waals surface area contributed by atoms with Gasteiger partial charge in [-0.2, -0.15) is 0 Å². The molecule has 1 aromatic heterocycles. The second-order valence-corrected chi connectivity index (χ2v) is 4.95. The van der Waals surface area contributed by atoms with Gasteiger partial charge in [-0.25, -0.2) is 4.90 Å². The molecule has 96 valence electrons. The van der Waals surface area contributed by atoms with Crippen LogP contribution in [0.15, 0.2) is 10.6 Å². The lowest BCUT2D eigenvalue weighted by Crippen LogP contribution is -2.31. The Morgan fingerprint density at radius 2 is 2.39 bits per heavy atom. The molecule has 0 radical (unpaired) electrons. The van der Waals surface area contributed by atoms with Gasteiger partial charge >= 0.3 is 5.97 Å². The van der Waals surface area contributed by atoms with Crippen molar-refractivity contribution in [3.63, 3.8) is 0 Å². The molecule has 1 N–H and O–H groups in total. The number of imide groups is 1. The first-order chi connectivity index (χ1) is 8.49. The first-order valence-corrected chi connectivity index (χ1v) is 6.17. The molecule has 1 aliphatic rings. The number of hydrogen-bond acceptors (Lipinski definition) is 6. The van der Waals surface area contributed by atoms with Crippen molar-refractivity contribution in [1.29, 1.82) is 0 Å². The number of carboxylic acids is 1. The molecule has 0 aliphatic carbocycles. The Bertz CT molecular complexity index is 512. The lowest BCUT2D eigenvalue weighted by atomic mass is 10.4. The molecule has 2 amide bonds. The number of aliphatic carboxylic acids is 1. The van der Waals surface area contributed by atoms with Gasteiger partial charge in [-0.1, -0.05) is 5.16 Å². The zero-order valence-electron chi connectivity index (χ0n) is 9.45. The van der Waals surface area contributed by atoms with Gasteiger partial charge in [0, 0.05) is 12.5 Å². The van der Waals surface area contributed by atoms with Gasteiger partial charge in [-0.3, -0.25) is 14.4 Å².